The van der Waals surface area contributed by atoms with Crippen LogP contribution in [0.2, 0.25) is 0 Å². The van der Waals surface area contributed by atoms with Gasteiger partial charge in [0.05, 0.1) is 71.9 Å². The van der Waals surface area contributed by atoms with Gasteiger partial charge in [-0.2, -0.15) is 0 Å². The molecule has 6 heterocycles. The van der Waals surface area contributed by atoms with Crippen LogP contribution in [0.5, 0.6) is 17.2 Å². The highest BCUT2D eigenvalue weighted by molar-refractivity contribution is 5.98. The highest BCUT2D eigenvalue weighted by atomic mass is 16.7. The number of benzene rings is 4. The van der Waals surface area contributed by atoms with Crippen LogP contribution in [0.1, 0.15) is 35.1 Å². The highest BCUT2D eigenvalue weighted by Crippen LogP contribution is 2.35. The summed E-state index contributed by atoms with van der Waals surface area (Å²) in [5.74, 6) is -8.22. The van der Waals surface area contributed by atoms with Crippen LogP contribution < -0.4 is 62.9 Å². The number of aliphatic hydroxyl groups excluding tert-OH is 13. The number of methoxy groups -OCH3 is 1. The van der Waals surface area contributed by atoms with E-state index in [9.17, 15) is 85.6 Å². The van der Waals surface area contributed by atoms with Crippen LogP contribution in [0.4, 0.5) is 0 Å². The second-order valence-electron chi connectivity index (χ2n) is 26.6. The molecule has 108 heavy (non-hydrogen) atoms. The third-order valence-corrected chi connectivity index (χ3v) is 19.4. The monoisotopic (exact) mass is 1520 g/mol. The first-order valence-corrected chi connectivity index (χ1v) is 34.6. The molecule has 0 radical (unpaired) electrons. The first-order valence-electron chi connectivity index (χ1n) is 34.6. The lowest BCUT2D eigenvalue weighted by Gasteiger charge is -2.46. The van der Waals surface area contributed by atoms with Crippen molar-refractivity contribution in [2.24, 2.45) is 21.5 Å². The summed E-state index contributed by atoms with van der Waals surface area (Å²) in [7, 11) is 1.48. The van der Waals surface area contributed by atoms with Gasteiger partial charge in [-0.05, 0) is 46.5 Å². The molecule has 39 heteroatoms. The smallest absolute Gasteiger partial charge is 0.246 e. The topological polar surface area (TPSA) is 603 Å². The highest BCUT2D eigenvalue weighted by Gasteiger charge is 2.55. The zero-order valence-electron chi connectivity index (χ0n) is 58.3. The van der Waals surface area contributed by atoms with Crippen molar-refractivity contribution in [2.45, 2.75) is 179 Å². The van der Waals surface area contributed by atoms with Gasteiger partial charge < -0.3 is 158 Å². The van der Waals surface area contributed by atoms with Crippen molar-refractivity contribution < 1.29 is 133 Å². The number of carbonyl (C=O) groups is 6. The van der Waals surface area contributed by atoms with Crippen LogP contribution in [0.3, 0.4) is 0 Å². The number of guanidine groups is 2. The summed E-state index contributed by atoms with van der Waals surface area (Å²) in [4.78, 5) is 96.8. The molecule has 6 amide bonds. The third kappa shape index (κ3) is 19.0. The maximum absolute atomic E-state index is 15.2. The van der Waals surface area contributed by atoms with Crippen molar-refractivity contribution in [3.8, 4) is 17.2 Å². The molecule has 6 aliphatic heterocycles. The number of aliphatic hydroxyl groups is 13. The second-order valence-corrected chi connectivity index (χ2v) is 26.6. The van der Waals surface area contributed by atoms with Gasteiger partial charge in [0.2, 0.25) is 41.7 Å². The Kier molecular flexibility index (Phi) is 27.8. The molecule has 24 N–H and O–H groups in total. The fourth-order valence-corrected chi connectivity index (χ4v) is 13.2. The number of nitrogens with two attached hydrogens (primary N) is 2. The van der Waals surface area contributed by atoms with Crippen LogP contribution >= 0.6 is 0 Å². The quantitative estimate of drug-likeness (QED) is 0.0310. The van der Waals surface area contributed by atoms with E-state index in [0.29, 0.717) is 22.6 Å². The minimum atomic E-state index is -2.36. The standard InChI is InChI=1S/C69H92N12O27/c1-30(34-11-7-4-8-12-34)46-62(98)75-36(19-31-13-16-35(17-14-31)104-66-57(95)54(92)59(44(27-85)107-66)108-67-56(94)53(91)58(43(26-84)106-67)103-29-33-15-18-40(101-2)41(20-33)102-28-32-9-5-3-6-10-32)61(97)79-47(49(87)37-21-73-68(70)77-37)64(100)80-48(63(99)76-38(24-82)60(96)72-23-45(86)78-46)50(88)39-22-74-69(71)81(39)65-55(93)52(90)51(89)42(25-83)105-65/h3-18,20,30,36-39,42-44,46-59,65-67,82-85,87-95H,19,21-29H2,1-2H3,(H2,71,74)(H,72,96)(H,75,98)(H,76,99)(H,78,86)(H,79,97)(H,80,100)(H3,70,73,77). The number of hydrogen-bond donors (Lipinski definition) is 22. The fourth-order valence-electron chi connectivity index (χ4n) is 13.2. The zero-order chi connectivity index (χ0) is 77.8. The van der Waals surface area contributed by atoms with Gasteiger partial charge in [0.15, 0.2) is 35.9 Å². The van der Waals surface area contributed by atoms with Crippen LogP contribution in [0.25, 0.3) is 0 Å². The predicted molar refractivity (Wildman–Crippen MR) is 369 cm³/mol. The average Bonchev–Trinajstić information content (AvgIpc) is 1.49. The van der Waals surface area contributed by atoms with Gasteiger partial charge in [0.25, 0.3) is 0 Å². The molecule has 0 aromatic heterocycles. The first-order chi connectivity index (χ1) is 51.7. The number of aliphatic imine (C=N–C) groups is 2. The second kappa shape index (κ2) is 36.9. The summed E-state index contributed by atoms with van der Waals surface area (Å²) in [6, 6.07) is 15.2. The normalized spacial score (nSPS) is 33.4. The van der Waals surface area contributed by atoms with Crippen molar-refractivity contribution in [1.82, 2.24) is 42.1 Å². The number of nitrogens with one attached hydrogen (secondary N) is 7. The third-order valence-electron chi connectivity index (χ3n) is 19.4. The van der Waals surface area contributed by atoms with Crippen LogP contribution in [-0.4, -0.2) is 318 Å². The minimum Gasteiger partial charge on any atom is -0.493 e. The van der Waals surface area contributed by atoms with Crippen molar-refractivity contribution in [2.75, 3.05) is 53.2 Å². The van der Waals surface area contributed by atoms with Crippen LogP contribution in [0.15, 0.2) is 113 Å². The molecule has 4 saturated heterocycles. The lowest BCUT2D eigenvalue weighted by atomic mass is 9.92. The van der Waals surface area contributed by atoms with E-state index in [-0.39, 0.29) is 37.0 Å². The number of carbonyl (C=O) groups excluding carboxylic acids is 6. The molecular weight excluding hydrogens is 1430 g/mol. The molecule has 25 unspecified atom stereocenters. The maximum atomic E-state index is 15.2. The Balaban J connectivity index is 0.876. The van der Waals surface area contributed by atoms with Crippen molar-refractivity contribution >= 4 is 47.4 Å². The number of rotatable bonds is 24. The van der Waals surface area contributed by atoms with E-state index < -0.39 is 240 Å². The molecular formula is C69H92N12O27. The largest absolute Gasteiger partial charge is 0.493 e. The lowest BCUT2D eigenvalue weighted by Crippen LogP contribution is -2.70. The van der Waals surface area contributed by atoms with Gasteiger partial charge in [-0.3, -0.25) is 38.8 Å². The van der Waals surface area contributed by atoms with Gasteiger partial charge in [0, 0.05) is 12.3 Å². The van der Waals surface area contributed by atoms with Gasteiger partial charge in [-0.25, -0.2) is 0 Å². The molecule has 0 saturated carbocycles. The molecule has 25 atom stereocenters. The van der Waals surface area contributed by atoms with E-state index in [1.807, 2.05) is 30.3 Å². The molecule has 39 nitrogen and oxygen atoms in total. The number of ether oxygens (including phenoxy) is 8. The summed E-state index contributed by atoms with van der Waals surface area (Å²) in [5, 5.41) is 162. The van der Waals surface area contributed by atoms with E-state index >= 15 is 9.59 Å². The fraction of sp³-hybridized carbons (Fsp3) is 0.536. The molecule has 0 bridgehead atoms. The summed E-state index contributed by atoms with van der Waals surface area (Å²) >= 11 is 0. The summed E-state index contributed by atoms with van der Waals surface area (Å²) in [5.41, 5.74) is 14.3. The van der Waals surface area contributed by atoms with Crippen LogP contribution in [0, 0.1) is 0 Å². The molecule has 0 spiro atoms. The van der Waals surface area contributed by atoms with E-state index in [4.69, 9.17) is 49.4 Å². The van der Waals surface area contributed by atoms with Gasteiger partial charge in [-0.15, -0.1) is 0 Å². The minimum absolute atomic E-state index is 0.0768. The van der Waals surface area contributed by atoms with E-state index in [2.05, 4.69) is 47.2 Å². The Bertz CT molecular complexity index is 3760. The average molecular weight is 1520 g/mol. The van der Waals surface area contributed by atoms with Gasteiger partial charge in [-0.1, -0.05) is 85.8 Å². The Labute approximate surface area is 616 Å². The van der Waals surface area contributed by atoms with E-state index in [0.717, 1.165) is 10.5 Å². The van der Waals surface area contributed by atoms with Gasteiger partial charge in [0.1, 0.15) is 128 Å². The maximum Gasteiger partial charge on any atom is 0.246 e. The summed E-state index contributed by atoms with van der Waals surface area (Å²) in [6.07, 6.45) is -31.3. The van der Waals surface area contributed by atoms with E-state index in [1.165, 1.54) is 31.4 Å². The zero-order valence-corrected chi connectivity index (χ0v) is 58.3. The van der Waals surface area contributed by atoms with Crippen molar-refractivity contribution in [3.63, 3.8) is 0 Å². The van der Waals surface area contributed by atoms with Crippen LogP contribution in [-0.2, 0) is 72.1 Å². The Hall–Kier alpha value is -9.08. The van der Waals surface area contributed by atoms with Crippen molar-refractivity contribution in [3.05, 3.63) is 125 Å². The molecule has 10 rings (SSSR count). The molecule has 4 aromatic rings. The van der Waals surface area contributed by atoms with Gasteiger partial charge >= 0.3 is 0 Å². The number of amides is 6. The Morgan fingerprint density at radius 3 is 1.81 bits per heavy atom. The Morgan fingerprint density at radius 2 is 1.15 bits per heavy atom. The molecule has 4 aromatic carbocycles. The summed E-state index contributed by atoms with van der Waals surface area (Å²) < 4.78 is 46.9. The molecule has 6 aliphatic rings. The summed E-state index contributed by atoms with van der Waals surface area (Å²) in [6.45, 7) is -3.90. The number of nitrogens with zero attached hydrogens (tertiary/aromatic N) is 3. The molecule has 590 valence electrons. The Morgan fingerprint density at radius 1 is 0.546 bits per heavy atom. The first kappa shape index (κ1) is 81.4. The number of hydrogen-bond acceptors (Lipinski definition) is 33. The SMILES string of the molecule is COc1ccc(COC2C(CO)OC(OC3C(CO)OC(Oc4ccc(CC5NC(=O)C(C(C)c6ccccc6)NC(=O)CNC(=O)C(CO)NC(=O)C(C(O)C6CN=C(N)N6C6OC(CO)C(O)C(O)C6O)NC(=O)C(C(O)C6CN=C(N)N6)NC5=O)cc4)C(O)C3O)C(O)C2O)cc1OCc1ccccc1. The predicted octanol–water partition coefficient (Wildman–Crippen LogP) is -9.80. The van der Waals surface area contributed by atoms with E-state index in [1.54, 1.807) is 55.5 Å². The van der Waals surface area contributed by atoms with Crippen molar-refractivity contribution in [1.29, 1.82) is 0 Å². The molecule has 0 aliphatic carbocycles. The molecule has 4 fully saturated rings. The lowest BCUT2D eigenvalue weighted by molar-refractivity contribution is -0.355.